The van der Waals surface area contributed by atoms with Gasteiger partial charge in [-0.1, -0.05) is 25.5 Å². The van der Waals surface area contributed by atoms with E-state index in [4.69, 9.17) is 9.47 Å². The molecule has 3 nitrogen and oxygen atoms in total. The van der Waals surface area contributed by atoms with Gasteiger partial charge in [0.2, 0.25) is 0 Å². The molecule has 20 heavy (non-hydrogen) atoms. The molecule has 0 amide bonds. The lowest BCUT2D eigenvalue weighted by atomic mass is 10.1. The number of ether oxygens (including phenoxy) is 2. The topological polar surface area (TPSA) is 30.5 Å². The summed E-state index contributed by atoms with van der Waals surface area (Å²) < 4.78 is 11.2. The summed E-state index contributed by atoms with van der Waals surface area (Å²) in [4.78, 5) is 0. The van der Waals surface area contributed by atoms with Crippen molar-refractivity contribution in [1.29, 1.82) is 0 Å². The number of benzene rings is 1. The lowest BCUT2D eigenvalue weighted by molar-refractivity contribution is 0.143. The molecule has 0 spiro atoms. The molecule has 0 fully saturated rings. The Bertz CT molecular complexity index is 337. The Morgan fingerprint density at radius 2 is 1.90 bits per heavy atom. The average Bonchev–Trinajstić information content (AvgIpc) is 2.45. The van der Waals surface area contributed by atoms with E-state index >= 15 is 0 Å². The second-order valence-electron chi connectivity index (χ2n) is 5.08. The molecule has 1 aromatic carbocycles. The fourth-order valence-corrected chi connectivity index (χ4v) is 2.05. The molecule has 0 bridgehead atoms. The van der Waals surface area contributed by atoms with Crippen LogP contribution >= 0.6 is 0 Å². The molecule has 1 rings (SSSR count). The van der Waals surface area contributed by atoms with E-state index in [0.29, 0.717) is 0 Å². The van der Waals surface area contributed by atoms with Crippen LogP contribution < -0.4 is 10.1 Å². The highest BCUT2D eigenvalue weighted by Gasteiger charge is 2.03. The fourth-order valence-electron chi connectivity index (χ4n) is 2.05. The van der Waals surface area contributed by atoms with Gasteiger partial charge in [-0.15, -0.1) is 0 Å². The van der Waals surface area contributed by atoms with E-state index in [9.17, 15) is 0 Å². The molecular formula is C17H29NO2. The van der Waals surface area contributed by atoms with E-state index in [2.05, 4.69) is 43.4 Å². The molecule has 3 heteroatoms. The van der Waals surface area contributed by atoms with Gasteiger partial charge in [0.15, 0.2) is 0 Å². The Hall–Kier alpha value is -1.06. The van der Waals surface area contributed by atoms with Gasteiger partial charge in [-0.2, -0.15) is 0 Å². The van der Waals surface area contributed by atoms with Crippen LogP contribution in [0.25, 0.3) is 0 Å². The minimum absolute atomic E-state index is 0.180. The second-order valence-corrected chi connectivity index (χ2v) is 5.08. The molecule has 0 aliphatic heterocycles. The van der Waals surface area contributed by atoms with Crippen LogP contribution in [0.2, 0.25) is 0 Å². The Labute approximate surface area is 123 Å². The monoisotopic (exact) mass is 279 g/mol. The number of hydrogen-bond donors (Lipinski definition) is 1. The molecule has 1 unspecified atom stereocenters. The van der Waals surface area contributed by atoms with Crippen molar-refractivity contribution in [1.82, 2.24) is 5.32 Å². The van der Waals surface area contributed by atoms with Crippen molar-refractivity contribution in [3.05, 3.63) is 29.8 Å². The Morgan fingerprint density at radius 1 is 1.15 bits per heavy atom. The third-order valence-corrected chi connectivity index (χ3v) is 3.08. The van der Waals surface area contributed by atoms with Crippen molar-refractivity contribution in [3.8, 4) is 5.75 Å². The molecule has 0 aliphatic carbocycles. The third-order valence-electron chi connectivity index (χ3n) is 3.08. The van der Waals surface area contributed by atoms with E-state index in [1.165, 1.54) is 12.0 Å². The van der Waals surface area contributed by atoms with Crippen molar-refractivity contribution in [2.75, 3.05) is 26.3 Å². The zero-order chi connectivity index (χ0) is 14.6. The van der Waals surface area contributed by atoms with Gasteiger partial charge in [0, 0.05) is 19.8 Å². The largest absolute Gasteiger partial charge is 0.489 e. The summed E-state index contributed by atoms with van der Waals surface area (Å²) in [5.74, 6) is 0.952. The zero-order valence-corrected chi connectivity index (χ0v) is 13.2. The SMILES string of the molecule is CCCc1ccc(OC(C)CNCCCOCC)cc1. The van der Waals surface area contributed by atoms with Gasteiger partial charge in [-0.3, -0.25) is 0 Å². The molecule has 0 aliphatic rings. The van der Waals surface area contributed by atoms with Gasteiger partial charge in [-0.25, -0.2) is 0 Å². The highest BCUT2D eigenvalue weighted by Crippen LogP contribution is 2.14. The number of nitrogens with one attached hydrogen (secondary N) is 1. The maximum absolute atomic E-state index is 5.88. The molecule has 114 valence electrons. The van der Waals surface area contributed by atoms with Gasteiger partial charge in [0.25, 0.3) is 0 Å². The van der Waals surface area contributed by atoms with Gasteiger partial charge in [-0.05, 0) is 50.9 Å². The normalized spacial score (nSPS) is 12.3. The molecule has 0 saturated heterocycles. The van der Waals surface area contributed by atoms with E-state index in [-0.39, 0.29) is 6.10 Å². The summed E-state index contributed by atoms with van der Waals surface area (Å²) in [5, 5.41) is 3.39. The molecule has 1 aromatic rings. The van der Waals surface area contributed by atoms with E-state index in [0.717, 1.165) is 44.9 Å². The molecular weight excluding hydrogens is 250 g/mol. The maximum atomic E-state index is 5.88. The molecule has 0 radical (unpaired) electrons. The van der Waals surface area contributed by atoms with Gasteiger partial charge >= 0.3 is 0 Å². The Kier molecular flexibility index (Phi) is 9.09. The Morgan fingerprint density at radius 3 is 2.55 bits per heavy atom. The smallest absolute Gasteiger partial charge is 0.119 e. The summed E-state index contributed by atoms with van der Waals surface area (Å²) in [7, 11) is 0. The fraction of sp³-hybridized carbons (Fsp3) is 0.647. The third kappa shape index (κ3) is 7.51. The second kappa shape index (κ2) is 10.7. The predicted octanol–water partition coefficient (Wildman–Crippen LogP) is 3.42. The summed E-state index contributed by atoms with van der Waals surface area (Å²) in [6, 6.07) is 8.44. The standard InChI is InChI=1S/C17H29NO2/c1-4-7-16-8-10-17(11-9-16)20-15(3)14-18-12-6-13-19-5-2/h8-11,15,18H,4-7,12-14H2,1-3H3. The van der Waals surface area contributed by atoms with E-state index < -0.39 is 0 Å². The number of rotatable bonds is 11. The Balaban J connectivity index is 2.16. The van der Waals surface area contributed by atoms with Crippen LogP contribution in [0.3, 0.4) is 0 Å². The molecule has 1 N–H and O–H groups in total. The van der Waals surface area contributed by atoms with Crippen LogP contribution in [0.1, 0.15) is 39.2 Å². The van der Waals surface area contributed by atoms with Crippen LogP contribution in [0.4, 0.5) is 0 Å². The quantitative estimate of drug-likeness (QED) is 0.630. The minimum atomic E-state index is 0.180. The van der Waals surface area contributed by atoms with Crippen molar-refractivity contribution in [2.45, 2.75) is 46.1 Å². The highest BCUT2D eigenvalue weighted by atomic mass is 16.5. The van der Waals surface area contributed by atoms with Crippen LogP contribution in [-0.4, -0.2) is 32.4 Å². The average molecular weight is 279 g/mol. The lowest BCUT2D eigenvalue weighted by Crippen LogP contribution is -2.30. The summed E-state index contributed by atoms with van der Waals surface area (Å²) >= 11 is 0. The summed E-state index contributed by atoms with van der Waals surface area (Å²) in [5.41, 5.74) is 1.38. The van der Waals surface area contributed by atoms with Crippen molar-refractivity contribution < 1.29 is 9.47 Å². The van der Waals surface area contributed by atoms with Crippen molar-refractivity contribution >= 4 is 0 Å². The first kappa shape index (κ1) is 17.0. The van der Waals surface area contributed by atoms with E-state index in [1.807, 2.05) is 6.92 Å². The van der Waals surface area contributed by atoms with E-state index in [1.54, 1.807) is 0 Å². The van der Waals surface area contributed by atoms with Crippen LogP contribution in [0.5, 0.6) is 5.75 Å². The van der Waals surface area contributed by atoms with Gasteiger partial charge < -0.3 is 14.8 Å². The number of hydrogen-bond acceptors (Lipinski definition) is 3. The van der Waals surface area contributed by atoms with Crippen LogP contribution in [-0.2, 0) is 11.2 Å². The highest BCUT2D eigenvalue weighted by molar-refractivity contribution is 5.27. The van der Waals surface area contributed by atoms with Gasteiger partial charge in [0.1, 0.15) is 11.9 Å². The minimum Gasteiger partial charge on any atom is -0.489 e. The first-order valence-electron chi connectivity index (χ1n) is 7.80. The summed E-state index contributed by atoms with van der Waals surface area (Å²) in [6.07, 6.45) is 3.55. The molecule has 0 aromatic heterocycles. The maximum Gasteiger partial charge on any atom is 0.119 e. The lowest BCUT2D eigenvalue weighted by Gasteiger charge is -2.15. The molecule has 1 atom stereocenters. The number of aryl methyl sites for hydroxylation is 1. The van der Waals surface area contributed by atoms with Crippen LogP contribution in [0, 0.1) is 0 Å². The first-order valence-corrected chi connectivity index (χ1v) is 7.80. The van der Waals surface area contributed by atoms with Gasteiger partial charge in [0.05, 0.1) is 0 Å². The summed E-state index contributed by atoms with van der Waals surface area (Å²) in [6.45, 7) is 9.78. The van der Waals surface area contributed by atoms with Crippen molar-refractivity contribution in [3.63, 3.8) is 0 Å². The first-order chi connectivity index (χ1) is 9.76. The van der Waals surface area contributed by atoms with Crippen molar-refractivity contribution in [2.24, 2.45) is 0 Å². The molecule has 0 heterocycles. The predicted molar refractivity (Wildman–Crippen MR) is 84.5 cm³/mol. The zero-order valence-electron chi connectivity index (χ0n) is 13.2. The molecule has 0 saturated carbocycles. The van der Waals surface area contributed by atoms with Crippen LogP contribution in [0.15, 0.2) is 24.3 Å².